The number of para-hydroxylation sites is 3. The SMILES string of the molecule is C.C.CCCO.O=P1(CCP2(=O)Oc3ccccc3-c3ccccc32)Oc2ccccc2-c2ccccc21.O=[p+]1oc2ccccc2c2ccccc21.[2H]OP=O. The maximum atomic E-state index is 14.2. The standard InChI is InChI=1S/C26H20O4P2.C12H8O2P.C3H8O.2CH4.HO2P/c27-31(25-15-7-3-11-21(25)19-9-1-5-13-23(19)29-31)17-18-32(28)26-16-8-4-12-22(26)20-10-2-6-14-24(20)30-32;13-15-12-8-4-2-6-10(12)9-5-1-3-7-11(9)14-15;1-2-3-4;;;1-3-2/h1-16H,17-18H2;1-8H;4H,2-3H2,1H3;2*1H4;(H,1,2)/q;+1;;;;/i/hD. The van der Waals surface area contributed by atoms with Crippen molar-refractivity contribution in [3.05, 3.63) is 146 Å². The molecule has 0 saturated heterocycles. The molecule has 3 atom stereocenters. The second kappa shape index (κ2) is 19.9. The Balaban J connectivity index is 0.000000240. The molecule has 290 valence electrons. The number of aliphatic hydroxyl groups excluding tert-OH is 1. The number of fused-ring (bicyclic) bond motifs is 9. The van der Waals surface area contributed by atoms with Gasteiger partial charge in [-0.15, -0.1) is 0 Å². The van der Waals surface area contributed by atoms with Crippen molar-refractivity contribution in [1.82, 2.24) is 0 Å². The molecular formula is C43H45O9P4+. The molecule has 2 N–H and O–H groups in total. The lowest BCUT2D eigenvalue weighted by molar-refractivity contribution is 0.295. The van der Waals surface area contributed by atoms with Crippen LogP contribution in [0.5, 0.6) is 11.5 Å². The summed E-state index contributed by atoms with van der Waals surface area (Å²) < 4.78 is 72.2. The zero-order chi connectivity index (χ0) is 38.8. The normalized spacial score (nSPS) is 17.2. The summed E-state index contributed by atoms with van der Waals surface area (Å²) in [6.07, 6.45) is 1.14. The van der Waals surface area contributed by atoms with Crippen LogP contribution in [0, 0.1) is 0 Å². The van der Waals surface area contributed by atoms with Crippen molar-refractivity contribution in [2.45, 2.75) is 28.2 Å². The van der Waals surface area contributed by atoms with Crippen molar-refractivity contribution in [3.8, 4) is 33.8 Å². The summed E-state index contributed by atoms with van der Waals surface area (Å²) >= 11 is 0. The molecule has 13 heteroatoms. The van der Waals surface area contributed by atoms with Gasteiger partial charge in [0, 0.05) is 40.8 Å². The van der Waals surface area contributed by atoms with E-state index in [1.165, 1.54) is 0 Å². The molecule has 0 saturated carbocycles. The van der Waals surface area contributed by atoms with Gasteiger partial charge in [0.15, 0.2) is 5.58 Å². The van der Waals surface area contributed by atoms with E-state index in [9.17, 15) is 13.7 Å². The molecule has 0 amide bonds. The fraction of sp³-hybridized carbons (Fsp3) is 0.163. The summed E-state index contributed by atoms with van der Waals surface area (Å²) in [5.74, 6) is 1.20. The summed E-state index contributed by atoms with van der Waals surface area (Å²) in [5.41, 5.74) is 4.37. The van der Waals surface area contributed by atoms with Crippen LogP contribution < -0.4 is 19.7 Å². The van der Waals surface area contributed by atoms with Gasteiger partial charge in [-0.3, -0.25) is 9.13 Å². The van der Waals surface area contributed by atoms with Crippen LogP contribution in [0.2, 0.25) is 0 Å². The van der Waals surface area contributed by atoms with Crippen LogP contribution in [-0.4, -0.2) is 30.4 Å². The third-order valence-corrected chi connectivity index (χ3v) is 15.1. The van der Waals surface area contributed by atoms with Crippen molar-refractivity contribution < 1.29 is 41.5 Å². The Morgan fingerprint density at radius 3 is 1.50 bits per heavy atom. The van der Waals surface area contributed by atoms with Crippen LogP contribution >= 0.6 is 31.1 Å². The molecule has 6 aromatic carbocycles. The Kier molecular flexibility index (Phi) is 15.1. The highest BCUT2D eigenvalue weighted by atomic mass is 31.2. The van der Waals surface area contributed by atoms with Gasteiger partial charge in [-0.1, -0.05) is 125 Å². The molecule has 9 nitrogen and oxygen atoms in total. The largest absolute Gasteiger partial charge is 0.597 e. The van der Waals surface area contributed by atoms with Gasteiger partial charge in [-0.05, 0) is 64.6 Å². The summed E-state index contributed by atoms with van der Waals surface area (Å²) in [5, 5.41) is 12.0. The van der Waals surface area contributed by atoms with Crippen LogP contribution in [0.15, 0.2) is 150 Å². The number of hydrogen-bond donors (Lipinski definition) is 2. The van der Waals surface area contributed by atoms with E-state index in [1.54, 1.807) is 0 Å². The molecule has 1 aromatic heterocycles. The molecule has 56 heavy (non-hydrogen) atoms. The second-order valence-corrected chi connectivity index (χ2v) is 18.4. The molecule has 2 aliphatic rings. The van der Waals surface area contributed by atoms with Gasteiger partial charge in [0.1, 0.15) is 11.5 Å². The van der Waals surface area contributed by atoms with Crippen LogP contribution in [0.1, 0.15) is 28.2 Å². The highest BCUT2D eigenvalue weighted by Gasteiger charge is 2.41. The van der Waals surface area contributed by atoms with E-state index in [0.29, 0.717) is 34.3 Å². The molecule has 0 aliphatic carbocycles. The van der Waals surface area contributed by atoms with Crippen molar-refractivity contribution >= 4 is 63.2 Å². The van der Waals surface area contributed by atoms with Crippen molar-refractivity contribution in [2.24, 2.45) is 0 Å². The van der Waals surface area contributed by atoms with E-state index in [-0.39, 0.29) is 27.2 Å². The van der Waals surface area contributed by atoms with Crippen LogP contribution in [0.25, 0.3) is 43.7 Å². The van der Waals surface area contributed by atoms with E-state index < -0.39 is 31.1 Å². The predicted molar refractivity (Wildman–Crippen MR) is 231 cm³/mol. The topological polar surface area (TPSA) is 140 Å². The Labute approximate surface area is 331 Å². The minimum atomic E-state index is -3.29. The van der Waals surface area contributed by atoms with Gasteiger partial charge in [-0.25, -0.2) is 8.76 Å². The third-order valence-electron chi connectivity index (χ3n) is 8.76. The first-order valence-electron chi connectivity index (χ1n) is 17.5. The van der Waals surface area contributed by atoms with Gasteiger partial charge in [0.25, 0.3) is 14.7 Å². The summed E-state index contributed by atoms with van der Waals surface area (Å²) in [6, 6.07) is 45.8. The third kappa shape index (κ3) is 9.28. The fourth-order valence-electron chi connectivity index (χ4n) is 6.31. The van der Waals surface area contributed by atoms with Gasteiger partial charge in [0.05, 0.1) is 10.6 Å². The number of hydrogen-bond acceptors (Lipinski definition) is 9. The molecule has 3 unspecified atom stereocenters. The molecule has 3 heterocycles. The van der Waals surface area contributed by atoms with E-state index >= 15 is 0 Å². The molecule has 0 radical (unpaired) electrons. The first-order chi connectivity index (χ1) is 26.8. The summed E-state index contributed by atoms with van der Waals surface area (Å²) in [6.45, 7) is 2.25. The van der Waals surface area contributed by atoms with Crippen molar-refractivity contribution in [3.63, 3.8) is 0 Å². The first kappa shape index (κ1) is 42.4. The van der Waals surface area contributed by atoms with E-state index in [2.05, 4.69) is 4.90 Å². The Bertz CT molecular complexity index is 2500. The van der Waals surface area contributed by atoms with Gasteiger partial charge in [-0.2, -0.15) is 0 Å². The predicted octanol–water partition coefficient (Wildman–Crippen LogP) is 12.5. The number of aliphatic hydroxyl groups is 1. The zero-order valence-electron chi connectivity index (χ0n) is 30.2. The van der Waals surface area contributed by atoms with Crippen molar-refractivity contribution in [1.29, 1.82) is 1.43 Å². The fourth-order valence-corrected chi connectivity index (χ4v) is 13.0. The quantitative estimate of drug-likeness (QED) is 0.128. The Morgan fingerprint density at radius 2 is 1.02 bits per heavy atom. The maximum Gasteiger partial charge on any atom is 0.597 e. The van der Waals surface area contributed by atoms with Gasteiger partial charge < -0.3 is 19.0 Å². The van der Waals surface area contributed by atoms with E-state index in [4.69, 9.17) is 24.3 Å². The molecule has 2 aliphatic heterocycles. The highest BCUT2D eigenvalue weighted by Crippen LogP contribution is 2.60. The lowest BCUT2D eigenvalue weighted by atomic mass is 10.0. The maximum absolute atomic E-state index is 14.2. The molecule has 9 rings (SSSR count). The average Bonchev–Trinajstić information content (AvgIpc) is 3.24. The van der Waals surface area contributed by atoms with Crippen LogP contribution in [-0.2, 0) is 18.3 Å². The number of benzene rings is 6. The smallest absolute Gasteiger partial charge is 0.439 e. The molecule has 0 spiro atoms. The molecule has 0 bridgehead atoms. The summed E-state index contributed by atoms with van der Waals surface area (Å²) in [7, 11) is -8.92. The monoisotopic (exact) mass is 830 g/mol. The molecule has 7 aromatic rings. The number of rotatable bonds is 5. The highest BCUT2D eigenvalue weighted by molar-refractivity contribution is 7.71. The van der Waals surface area contributed by atoms with Gasteiger partial charge >= 0.3 is 16.3 Å². The molecule has 0 fully saturated rings. The van der Waals surface area contributed by atoms with E-state index in [0.717, 1.165) is 44.6 Å². The Hall–Kier alpha value is -4.70. The van der Waals surface area contributed by atoms with Gasteiger partial charge in [0.2, 0.25) is 6.55 Å². The second-order valence-electron chi connectivity index (χ2n) is 12.2. The van der Waals surface area contributed by atoms with Crippen LogP contribution in [0.4, 0.5) is 0 Å². The lowest BCUT2D eigenvalue weighted by Crippen LogP contribution is -2.25. The van der Waals surface area contributed by atoms with Crippen molar-refractivity contribution in [2.75, 3.05) is 18.9 Å². The summed E-state index contributed by atoms with van der Waals surface area (Å²) in [4.78, 5) is 3.21. The zero-order valence-corrected chi connectivity index (χ0v) is 32.8. The average molecular weight is 831 g/mol. The lowest BCUT2D eigenvalue weighted by Gasteiger charge is -2.32. The van der Waals surface area contributed by atoms with Crippen LogP contribution in [0.3, 0.4) is 0 Å². The first-order valence-corrected chi connectivity index (χ1v) is 22.6. The minimum Gasteiger partial charge on any atom is -0.439 e. The minimum absolute atomic E-state index is 0. The molecular weight excluding hydrogens is 784 g/mol. The van der Waals surface area contributed by atoms with E-state index in [1.807, 2.05) is 153 Å². The Morgan fingerprint density at radius 1 is 0.625 bits per heavy atom.